The fourth-order valence-corrected chi connectivity index (χ4v) is 2.20. The monoisotopic (exact) mass is 313 g/mol. The largest absolute Gasteiger partial charge is 0.479 e. The van der Waals surface area contributed by atoms with Crippen molar-refractivity contribution in [2.75, 3.05) is 20.6 Å². The molecule has 0 saturated carbocycles. The van der Waals surface area contributed by atoms with Crippen LogP contribution in [0, 0.1) is 0 Å². The summed E-state index contributed by atoms with van der Waals surface area (Å²) in [6.07, 6.45) is -0.980. The summed E-state index contributed by atoms with van der Waals surface area (Å²) < 4.78 is 11.3. The summed E-state index contributed by atoms with van der Waals surface area (Å²) in [5.74, 6) is 0.283. The molecule has 0 aliphatic heterocycles. The van der Waals surface area contributed by atoms with Gasteiger partial charge in [-0.25, -0.2) is 4.79 Å². The molecule has 0 spiro atoms. The molecule has 4 heteroatoms. The van der Waals surface area contributed by atoms with Gasteiger partial charge in [-0.15, -0.1) is 0 Å². The van der Waals surface area contributed by atoms with Gasteiger partial charge in [-0.3, -0.25) is 0 Å². The van der Waals surface area contributed by atoms with Crippen LogP contribution < -0.4 is 4.74 Å². The third-order valence-corrected chi connectivity index (χ3v) is 3.35. The van der Waals surface area contributed by atoms with E-state index in [1.807, 2.05) is 79.7 Å². The molecule has 2 aromatic carbocycles. The average molecular weight is 313 g/mol. The number of hydrogen-bond acceptors (Lipinski definition) is 4. The molecule has 2 aromatic rings. The Bertz CT molecular complexity index is 599. The summed E-state index contributed by atoms with van der Waals surface area (Å²) in [5, 5.41) is 0. The normalized spacial score (nSPS) is 13.4. The summed E-state index contributed by atoms with van der Waals surface area (Å²) in [6.45, 7) is 2.32. The van der Waals surface area contributed by atoms with Crippen LogP contribution in [0.4, 0.5) is 0 Å². The van der Waals surface area contributed by atoms with E-state index in [0.717, 1.165) is 5.56 Å². The first-order chi connectivity index (χ1) is 11.1. The van der Waals surface area contributed by atoms with E-state index >= 15 is 0 Å². The van der Waals surface area contributed by atoms with Gasteiger partial charge in [-0.2, -0.15) is 0 Å². The lowest BCUT2D eigenvalue weighted by molar-refractivity contribution is -0.157. The van der Waals surface area contributed by atoms with Gasteiger partial charge in [0.25, 0.3) is 0 Å². The van der Waals surface area contributed by atoms with E-state index in [4.69, 9.17) is 9.47 Å². The number of rotatable bonds is 7. The summed E-state index contributed by atoms with van der Waals surface area (Å²) >= 11 is 0. The molecule has 2 atom stereocenters. The molecule has 4 nitrogen and oxygen atoms in total. The van der Waals surface area contributed by atoms with E-state index in [2.05, 4.69) is 0 Å². The number of likely N-dealkylation sites (N-methyl/N-ethyl adjacent to an activating group) is 1. The third-order valence-electron chi connectivity index (χ3n) is 3.35. The molecule has 0 amide bonds. The van der Waals surface area contributed by atoms with Gasteiger partial charge in [-0.1, -0.05) is 48.5 Å². The van der Waals surface area contributed by atoms with Crippen LogP contribution in [-0.2, 0) is 9.53 Å². The fourth-order valence-electron chi connectivity index (χ4n) is 2.20. The summed E-state index contributed by atoms with van der Waals surface area (Å²) in [6, 6.07) is 19.0. The highest BCUT2D eigenvalue weighted by Gasteiger charge is 2.23. The lowest BCUT2D eigenvalue weighted by Gasteiger charge is -2.23. The first-order valence-electron chi connectivity index (χ1n) is 7.68. The van der Waals surface area contributed by atoms with Gasteiger partial charge < -0.3 is 14.4 Å². The van der Waals surface area contributed by atoms with Crippen LogP contribution in [-0.4, -0.2) is 37.6 Å². The molecule has 0 N–H and O–H groups in total. The molecular formula is C19H23NO3. The van der Waals surface area contributed by atoms with Gasteiger partial charge in [0.05, 0.1) is 0 Å². The highest BCUT2D eigenvalue weighted by atomic mass is 16.6. The van der Waals surface area contributed by atoms with Gasteiger partial charge in [0, 0.05) is 6.54 Å². The van der Waals surface area contributed by atoms with Crippen LogP contribution in [0.5, 0.6) is 5.75 Å². The summed E-state index contributed by atoms with van der Waals surface area (Å²) in [5.41, 5.74) is 0.974. The first kappa shape index (κ1) is 17.0. The molecule has 122 valence electrons. The lowest BCUT2D eigenvalue weighted by Crippen LogP contribution is -2.31. The zero-order valence-corrected chi connectivity index (χ0v) is 13.8. The van der Waals surface area contributed by atoms with Gasteiger partial charge in [0.2, 0.25) is 0 Å². The molecular weight excluding hydrogens is 290 g/mol. The highest BCUT2D eigenvalue weighted by molar-refractivity contribution is 5.75. The molecule has 0 aromatic heterocycles. The topological polar surface area (TPSA) is 38.8 Å². The van der Waals surface area contributed by atoms with Crippen molar-refractivity contribution in [3.8, 4) is 5.75 Å². The molecule has 0 bridgehead atoms. The number of esters is 1. The molecule has 2 rings (SSSR count). The van der Waals surface area contributed by atoms with Crippen molar-refractivity contribution < 1.29 is 14.3 Å². The SMILES string of the molecule is CC(Oc1ccccc1)C(=O)OC(CN(C)C)c1ccccc1. The Morgan fingerprint density at radius 3 is 2.13 bits per heavy atom. The Hall–Kier alpha value is -2.33. The van der Waals surface area contributed by atoms with E-state index in [1.165, 1.54) is 0 Å². The Balaban J connectivity index is 2.02. The summed E-state index contributed by atoms with van der Waals surface area (Å²) in [4.78, 5) is 14.3. The van der Waals surface area contributed by atoms with Crippen LogP contribution in [0.2, 0.25) is 0 Å². The maximum absolute atomic E-state index is 12.3. The van der Waals surface area contributed by atoms with Crippen molar-refractivity contribution in [1.29, 1.82) is 0 Å². The van der Waals surface area contributed by atoms with Gasteiger partial charge >= 0.3 is 5.97 Å². The molecule has 0 fully saturated rings. The second-order valence-corrected chi connectivity index (χ2v) is 5.67. The first-order valence-corrected chi connectivity index (χ1v) is 7.68. The Morgan fingerprint density at radius 1 is 1.00 bits per heavy atom. The van der Waals surface area contributed by atoms with Crippen molar-refractivity contribution >= 4 is 5.97 Å². The zero-order chi connectivity index (χ0) is 16.7. The second-order valence-electron chi connectivity index (χ2n) is 5.67. The van der Waals surface area contributed by atoms with Crippen molar-refractivity contribution in [3.63, 3.8) is 0 Å². The number of hydrogen-bond donors (Lipinski definition) is 0. The number of benzene rings is 2. The summed E-state index contributed by atoms with van der Waals surface area (Å²) in [7, 11) is 3.90. The predicted molar refractivity (Wildman–Crippen MR) is 90.4 cm³/mol. The van der Waals surface area contributed by atoms with Crippen LogP contribution in [0.1, 0.15) is 18.6 Å². The van der Waals surface area contributed by atoms with Crippen molar-refractivity contribution in [3.05, 3.63) is 66.2 Å². The second kappa shape index (κ2) is 8.34. The lowest BCUT2D eigenvalue weighted by atomic mass is 10.1. The number of ether oxygens (including phenoxy) is 2. The number of carbonyl (C=O) groups is 1. The van der Waals surface area contributed by atoms with Crippen molar-refractivity contribution in [1.82, 2.24) is 4.90 Å². The Kier molecular flexibility index (Phi) is 6.18. The Labute approximate surface area is 137 Å². The molecule has 23 heavy (non-hydrogen) atoms. The molecule has 0 aliphatic rings. The van der Waals surface area contributed by atoms with Crippen LogP contribution in [0.25, 0.3) is 0 Å². The van der Waals surface area contributed by atoms with Gasteiger partial charge in [0.1, 0.15) is 11.9 Å². The molecule has 0 saturated heterocycles. The van der Waals surface area contributed by atoms with Crippen molar-refractivity contribution in [2.45, 2.75) is 19.1 Å². The zero-order valence-electron chi connectivity index (χ0n) is 13.8. The van der Waals surface area contributed by atoms with Crippen LogP contribution in [0.15, 0.2) is 60.7 Å². The number of nitrogens with zero attached hydrogens (tertiary/aromatic N) is 1. The minimum Gasteiger partial charge on any atom is -0.479 e. The van der Waals surface area contributed by atoms with Crippen LogP contribution in [0.3, 0.4) is 0 Å². The van der Waals surface area contributed by atoms with Crippen LogP contribution >= 0.6 is 0 Å². The minimum absolute atomic E-state index is 0.319. The highest BCUT2D eigenvalue weighted by Crippen LogP contribution is 2.20. The van der Waals surface area contributed by atoms with Gasteiger partial charge in [0.15, 0.2) is 6.10 Å². The Morgan fingerprint density at radius 2 is 1.57 bits per heavy atom. The van der Waals surface area contributed by atoms with E-state index in [0.29, 0.717) is 12.3 Å². The van der Waals surface area contributed by atoms with E-state index in [1.54, 1.807) is 6.92 Å². The molecule has 0 heterocycles. The number of para-hydroxylation sites is 1. The minimum atomic E-state index is -0.661. The molecule has 0 radical (unpaired) electrons. The predicted octanol–water partition coefficient (Wildman–Crippen LogP) is 3.30. The average Bonchev–Trinajstić information content (AvgIpc) is 2.55. The maximum Gasteiger partial charge on any atom is 0.347 e. The molecule has 2 unspecified atom stereocenters. The standard InChI is InChI=1S/C19H23NO3/c1-15(22-17-12-8-5-9-13-17)19(21)23-18(14-20(2)3)16-10-6-4-7-11-16/h4-13,15,18H,14H2,1-3H3. The van der Waals surface area contributed by atoms with E-state index in [9.17, 15) is 4.79 Å². The van der Waals surface area contributed by atoms with E-state index < -0.39 is 6.10 Å². The number of carbonyl (C=O) groups excluding carboxylic acids is 1. The smallest absolute Gasteiger partial charge is 0.347 e. The fraction of sp³-hybridized carbons (Fsp3) is 0.316. The van der Waals surface area contributed by atoms with E-state index in [-0.39, 0.29) is 12.1 Å². The van der Waals surface area contributed by atoms with Gasteiger partial charge in [-0.05, 0) is 38.7 Å². The van der Waals surface area contributed by atoms with Crippen molar-refractivity contribution in [2.24, 2.45) is 0 Å². The third kappa shape index (κ3) is 5.42. The molecule has 0 aliphatic carbocycles. The quantitative estimate of drug-likeness (QED) is 0.735. The maximum atomic E-state index is 12.3.